The zero-order chi connectivity index (χ0) is 21.3. The van der Waals surface area contributed by atoms with Gasteiger partial charge < -0.3 is 5.32 Å². The second kappa shape index (κ2) is 8.10. The number of imide groups is 1. The summed E-state index contributed by atoms with van der Waals surface area (Å²) in [5, 5.41) is 11.0. The topological polar surface area (TPSA) is 120 Å². The summed E-state index contributed by atoms with van der Waals surface area (Å²) in [6, 6.07) is 7.27. The lowest BCUT2D eigenvalue weighted by molar-refractivity contribution is -0.139. The van der Waals surface area contributed by atoms with Crippen molar-refractivity contribution < 1.29 is 14.4 Å². The molecule has 1 aromatic heterocycles. The van der Waals surface area contributed by atoms with Crippen LogP contribution in [0.4, 0.5) is 4.79 Å². The highest BCUT2D eigenvalue weighted by Crippen LogP contribution is 2.35. The van der Waals surface area contributed by atoms with E-state index in [-0.39, 0.29) is 11.7 Å². The van der Waals surface area contributed by atoms with Crippen molar-refractivity contribution in [1.29, 1.82) is 0 Å². The molecule has 30 heavy (non-hydrogen) atoms. The molecule has 1 saturated heterocycles. The molecule has 158 valence electrons. The van der Waals surface area contributed by atoms with Gasteiger partial charge in [-0.1, -0.05) is 48.5 Å². The fraction of sp³-hybridized carbons (Fsp3) is 0.450. The Balaban J connectivity index is 1.32. The van der Waals surface area contributed by atoms with Crippen LogP contribution in [0.3, 0.4) is 0 Å². The number of benzene rings is 1. The first-order valence-corrected chi connectivity index (χ1v) is 10.9. The normalized spacial score (nSPS) is 23.7. The number of carbonyl (C=O) groups excluding carboxylic acids is 3. The van der Waals surface area contributed by atoms with Gasteiger partial charge in [0.15, 0.2) is 5.82 Å². The van der Waals surface area contributed by atoms with Gasteiger partial charge in [0, 0.05) is 5.56 Å². The van der Waals surface area contributed by atoms with Gasteiger partial charge in [-0.15, -0.1) is 5.10 Å². The Hall–Kier alpha value is -2.88. The van der Waals surface area contributed by atoms with Crippen LogP contribution in [0.25, 0.3) is 11.4 Å². The van der Waals surface area contributed by atoms with E-state index in [1.807, 2.05) is 31.2 Å². The highest BCUT2D eigenvalue weighted by molar-refractivity contribution is 7.99. The number of amides is 4. The van der Waals surface area contributed by atoms with Crippen LogP contribution in [-0.2, 0) is 9.59 Å². The molecule has 1 aliphatic carbocycles. The Kier molecular flexibility index (Phi) is 5.50. The second-order valence-electron chi connectivity index (χ2n) is 7.99. The van der Waals surface area contributed by atoms with E-state index < -0.39 is 17.5 Å². The fourth-order valence-corrected chi connectivity index (χ4v) is 4.34. The third-order valence-electron chi connectivity index (χ3n) is 5.65. The summed E-state index contributed by atoms with van der Waals surface area (Å²) >= 11 is 1.13. The van der Waals surface area contributed by atoms with E-state index >= 15 is 0 Å². The van der Waals surface area contributed by atoms with Crippen LogP contribution in [0.1, 0.15) is 38.2 Å². The Morgan fingerprint density at radius 3 is 2.67 bits per heavy atom. The first-order chi connectivity index (χ1) is 14.4. The number of nitrogens with zero attached hydrogens (tertiary/aromatic N) is 3. The zero-order valence-corrected chi connectivity index (χ0v) is 17.7. The van der Waals surface area contributed by atoms with E-state index in [4.69, 9.17) is 0 Å². The summed E-state index contributed by atoms with van der Waals surface area (Å²) in [6.07, 6.45) is 2.94. The van der Waals surface area contributed by atoms with Crippen molar-refractivity contribution in [2.75, 3.05) is 5.75 Å². The van der Waals surface area contributed by atoms with E-state index in [2.05, 4.69) is 32.8 Å². The number of carbonyl (C=O) groups is 3. The van der Waals surface area contributed by atoms with Gasteiger partial charge in [0.2, 0.25) is 11.1 Å². The highest BCUT2D eigenvalue weighted by atomic mass is 32.2. The minimum Gasteiger partial charge on any atom is -0.322 e. The molecule has 9 nitrogen and oxygen atoms in total. The molecule has 1 spiro atoms. The van der Waals surface area contributed by atoms with Crippen LogP contribution in [0, 0.1) is 12.8 Å². The molecular weight excluding hydrogens is 404 g/mol. The van der Waals surface area contributed by atoms with E-state index in [9.17, 15) is 14.4 Å². The number of hydrogen-bond acceptors (Lipinski definition) is 6. The zero-order valence-electron chi connectivity index (χ0n) is 16.9. The van der Waals surface area contributed by atoms with Gasteiger partial charge >= 0.3 is 6.03 Å². The molecule has 3 N–H and O–H groups in total. The summed E-state index contributed by atoms with van der Waals surface area (Å²) in [5.41, 5.74) is 3.59. The third kappa shape index (κ3) is 4.04. The van der Waals surface area contributed by atoms with Gasteiger partial charge in [-0.3, -0.25) is 20.1 Å². The molecule has 0 bridgehead atoms. The minimum absolute atomic E-state index is 0.0215. The van der Waals surface area contributed by atoms with Crippen LogP contribution in [-0.4, -0.2) is 49.3 Å². The van der Waals surface area contributed by atoms with E-state index in [1.54, 1.807) is 0 Å². The van der Waals surface area contributed by atoms with Crippen LogP contribution in [0.2, 0.25) is 0 Å². The first kappa shape index (κ1) is 20.4. The average molecular weight is 429 g/mol. The number of aromatic amines is 1. The van der Waals surface area contributed by atoms with Gasteiger partial charge in [0.1, 0.15) is 5.54 Å². The number of aryl methyl sites for hydroxylation is 1. The van der Waals surface area contributed by atoms with Crippen LogP contribution >= 0.6 is 11.8 Å². The number of urea groups is 1. The van der Waals surface area contributed by atoms with Crippen molar-refractivity contribution in [2.45, 2.75) is 50.2 Å². The SMILES string of the molecule is Cc1ccc(-c2nc(SCC(=O)NN3C(=O)NC4(CCC(C)CC4)C3=O)n[nH]2)cc1. The Bertz CT molecular complexity index is 965. The number of nitrogens with one attached hydrogen (secondary N) is 3. The molecule has 0 radical (unpaired) electrons. The molecule has 4 rings (SSSR count). The van der Waals surface area contributed by atoms with Crippen molar-refractivity contribution in [3.8, 4) is 11.4 Å². The lowest BCUT2D eigenvalue weighted by atomic mass is 9.77. The van der Waals surface area contributed by atoms with Crippen molar-refractivity contribution in [3.05, 3.63) is 29.8 Å². The molecule has 1 saturated carbocycles. The van der Waals surface area contributed by atoms with Crippen LogP contribution in [0.15, 0.2) is 29.4 Å². The Morgan fingerprint density at radius 1 is 1.27 bits per heavy atom. The number of H-pyrrole nitrogens is 1. The summed E-state index contributed by atoms with van der Waals surface area (Å²) in [7, 11) is 0. The van der Waals surface area contributed by atoms with E-state index in [0.29, 0.717) is 29.7 Å². The number of aromatic nitrogens is 3. The number of thioether (sulfide) groups is 1. The fourth-order valence-electron chi connectivity index (χ4n) is 3.75. The van der Waals surface area contributed by atoms with Crippen LogP contribution in [0.5, 0.6) is 0 Å². The van der Waals surface area contributed by atoms with Crippen molar-refractivity contribution in [3.63, 3.8) is 0 Å². The largest absolute Gasteiger partial charge is 0.344 e. The number of hydrogen-bond donors (Lipinski definition) is 3. The van der Waals surface area contributed by atoms with Crippen molar-refractivity contribution >= 4 is 29.6 Å². The lowest BCUT2D eigenvalue weighted by Gasteiger charge is -2.33. The first-order valence-electron chi connectivity index (χ1n) is 9.95. The molecule has 1 aliphatic heterocycles. The second-order valence-corrected chi connectivity index (χ2v) is 8.93. The molecule has 0 unspecified atom stereocenters. The molecule has 2 heterocycles. The maximum Gasteiger partial charge on any atom is 0.344 e. The van der Waals surface area contributed by atoms with Crippen LogP contribution < -0.4 is 10.7 Å². The minimum atomic E-state index is -0.878. The van der Waals surface area contributed by atoms with Crippen molar-refractivity contribution in [1.82, 2.24) is 30.9 Å². The summed E-state index contributed by atoms with van der Waals surface area (Å²) in [5.74, 6) is 0.280. The van der Waals surface area contributed by atoms with Gasteiger partial charge in [0.05, 0.1) is 5.75 Å². The molecular formula is C20H24N6O3S. The molecule has 2 aliphatic rings. The molecule has 4 amide bonds. The number of rotatable bonds is 5. The summed E-state index contributed by atoms with van der Waals surface area (Å²) in [6.45, 7) is 4.14. The Labute approximate surface area is 178 Å². The third-order valence-corrected chi connectivity index (χ3v) is 6.50. The highest BCUT2D eigenvalue weighted by Gasteiger charge is 2.52. The monoisotopic (exact) mass is 428 g/mol. The maximum absolute atomic E-state index is 12.8. The van der Waals surface area contributed by atoms with Gasteiger partial charge in [-0.05, 0) is 38.5 Å². The molecule has 2 fully saturated rings. The molecule has 10 heteroatoms. The van der Waals surface area contributed by atoms with E-state index in [0.717, 1.165) is 40.7 Å². The predicted octanol–water partition coefficient (Wildman–Crippen LogP) is 2.40. The quantitative estimate of drug-likeness (QED) is 0.497. The van der Waals surface area contributed by atoms with Gasteiger partial charge in [-0.25, -0.2) is 9.78 Å². The Morgan fingerprint density at radius 2 is 1.97 bits per heavy atom. The number of hydrazine groups is 1. The lowest BCUT2D eigenvalue weighted by Crippen LogP contribution is -2.51. The summed E-state index contributed by atoms with van der Waals surface area (Å²) in [4.78, 5) is 41.8. The molecule has 2 aromatic rings. The summed E-state index contributed by atoms with van der Waals surface area (Å²) < 4.78 is 0. The smallest absolute Gasteiger partial charge is 0.322 e. The van der Waals surface area contributed by atoms with E-state index in [1.165, 1.54) is 0 Å². The standard InChI is InChI=1S/C20H24N6O3S/c1-12-3-5-14(6-4-12)16-21-18(24-23-16)30-11-15(27)25-26-17(28)20(22-19(26)29)9-7-13(2)8-10-20/h3-6,13H,7-11H2,1-2H3,(H,22,29)(H,25,27)(H,21,23,24). The molecule has 1 aromatic carbocycles. The average Bonchev–Trinajstić information content (AvgIpc) is 3.29. The van der Waals surface area contributed by atoms with Gasteiger partial charge in [0.25, 0.3) is 5.91 Å². The molecule has 0 atom stereocenters. The maximum atomic E-state index is 12.8. The predicted molar refractivity (Wildman–Crippen MR) is 111 cm³/mol. The van der Waals surface area contributed by atoms with Crippen molar-refractivity contribution in [2.24, 2.45) is 5.92 Å². The van der Waals surface area contributed by atoms with Gasteiger partial charge in [-0.2, -0.15) is 5.01 Å².